The van der Waals surface area contributed by atoms with Crippen LogP contribution in [0.1, 0.15) is 19.4 Å². The van der Waals surface area contributed by atoms with Gasteiger partial charge in [-0.1, -0.05) is 6.07 Å². The molecule has 0 fully saturated rings. The maximum absolute atomic E-state index is 12.5. The number of alkyl halides is 1. The Kier molecular flexibility index (Phi) is 3.80. The van der Waals surface area contributed by atoms with Crippen molar-refractivity contribution in [2.45, 2.75) is 25.8 Å². The Bertz CT molecular complexity index is 796. The summed E-state index contributed by atoms with van der Waals surface area (Å²) in [5.74, 6) is -0.292. The number of rotatable bonds is 4. The van der Waals surface area contributed by atoms with Gasteiger partial charge in [-0.25, -0.2) is 4.39 Å². The average Bonchev–Trinajstić information content (AvgIpc) is 2.41. The summed E-state index contributed by atoms with van der Waals surface area (Å²) in [6, 6.07) is 4.41. The van der Waals surface area contributed by atoms with E-state index in [1.807, 2.05) is 0 Å². The molecule has 0 saturated carbocycles. The van der Waals surface area contributed by atoms with Gasteiger partial charge in [0.15, 0.2) is 0 Å². The number of pyridine rings is 1. The Morgan fingerprint density at radius 1 is 1.35 bits per heavy atom. The lowest BCUT2D eigenvalue weighted by Crippen LogP contribution is -2.23. The molecule has 0 atom stereocenters. The first kappa shape index (κ1) is 14.5. The van der Waals surface area contributed by atoms with Crippen molar-refractivity contribution in [2.24, 2.45) is 0 Å². The lowest BCUT2D eigenvalue weighted by Gasteiger charge is -2.09. The molecule has 0 amide bonds. The van der Waals surface area contributed by atoms with Gasteiger partial charge in [0, 0.05) is 17.1 Å². The number of halogens is 1. The van der Waals surface area contributed by atoms with Crippen LogP contribution in [0.15, 0.2) is 29.2 Å². The molecule has 2 rings (SSSR count). The summed E-state index contributed by atoms with van der Waals surface area (Å²) in [6.45, 7) is 2.27. The summed E-state index contributed by atoms with van der Waals surface area (Å²) >= 11 is 0. The molecule has 1 N–H and O–H groups in total. The van der Waals surface area contributed by atoms with Crippen molar-refractivity contribution < 1.29 is 17.0 Å². The molecular formula is C13H14FNO4S. The van der Waals surface area contributed by atoms with E-state index in [2.05, 4.69) is 4.98 Å². The highest BCUT2D eigenvalue weighted by Crippen LogP contribution is 2.16. The van der Waals surface area contributed by atoms with Crippen molar-refractivity contribution >= 4 is 21.0 Å². The lowest BCUT2D eigenvalue weighted by molar-refractivity contribution is 0.474. The predicted molar refractivity (Wildman–Crippen MR) is 74.1 cm³/mol. The lowest BCUT2D eigenvalue weighted by atomic mass is 10.1. The van der Waals surface area contributed by atoms with Crippen LogP contribution in [0.25, 0.3) is 10.9 Å². The fourth-order valence-electron chi connectivity index (χ4n) is 1.62. The monoisotopic (exact) mass is 299 g/mol. The molecule has 20 heavy (non-hydrogen) atoms. The van der Waals surface area contributed by atoms with Crippen molar-refractivity contribution in [3.8, 4) is 5.75 Å². The van der Waals surface area contributed by atoms with Crippen LogP contribution in [-0.4, -0.2) is 18.7 Å². The van der Waals surface area contributed by atoms with E-state index < -0.39 is 27.5 Å². The van der Waals surface area contributed by atoms with Gasteiger partial charge >= 0.3 is 10.1 Å². The molecule has 0 unspecified atom stereocenters. The molecule has 0 aliphatic heterocycles. The number of fused-ring (bicyclic) bond motifs is 1. The third-order valence-corrected chi connectivity index (χ3v) is 4.42. The Morgan fingerprint density at radius 2 is 2.05 bits per heavy atom. The molecule has 2 aromatic rings. The van der Waals surface area contributed by atoms with Crippen LogP contribution in [0.5, 0.6) is 5.75 Å². The van der Waals surface area contributed by atoms with Crippen LogP contribution >= 0.6 is 0 Å². The molecule has 1 aromatic heterocycles. The summed E-state index contributed by atoms with van der Waals surface area (Å²) in [5.41, 5.74) is 0.310. The van der Waals surface area contributed by atoms with Gasteiger partial charge in [-0.3, -0.25) is 4.79 Å². The van der Waals surface area contributed by atoms with E-state index >= 15 is 0 Å². The second-order valence-corrected chi connectivity index (χ2v) is 6.72. The van der Waals surface area contributed by atoms with E-state index in [1.54, 1.807) is 0 Å². The van der Waals surface area contributed by atoms with Crippen molar-refractivity contribution in [3.63, 3.8) is 0 Å². The zero-order valence-corrected chi connectivity index (χ0v) is 11.8. The summed E-state index contributed by atoms with van der Waals surface area (Å²) in [7, 11) is -3.84. The van der Waals surface area contributed by atoms with Crippen LogP contribution in [0.3, 0.4) is 0 Å². The predicted octanol–water partition coefficient (Wildman–Crippen LogP) is 2.11. The largest absolute Gasteiger partial charge is 0.376 e. The molecule has 0 spiro atoms. The fraction of sp³-hybridized carbons (Fsp3) is 0.308. The Balaban J connectivity index is 2.53. The first-order valence-corrected chi connectivity index (χ1v) is 7.46. The van der Waals surface area contributed by atoms with Gasteiger partial charge in [0.05, 0.1) is 5.25 Å². The number of H-pyrrole nitrogens is 1. The highest BCUT2D eigenvalue weighted by molar-refractivity contribution is 7.87. The maximum Gasteiger partial charge on any atom is 0.311 e. The van der Waals surface area contributed by atoms with Gasteiger partial charge in [-0.15, -0.1) is 0 Å². The quantitative estimate of drug-likeness (QED) is 0.877. The molecule has 0 bridgehead atoms. The summed E-state index contributed by atoms with van der Waals surface area (Å²) in [6.07, 6.45) is 1.17. The van der Waals surface area contributed by atoms with E-state index in [9.17, 15) is 17.6 Å². The molecule has 1 heterocycles. The average molecular weight is 299 g/mol. The smallest absolute Gasteiger partial charge is 0.311 e. The molecular weight excluding hydrogens is 285 g/mol. The van der Waals surface area contributed by atoms with Crippen molar-refractivity contribution in [3.05, 3.63) is 40.2 Å². The van der Waals surface area contributed by atoms with Crippen molar-refractivity contribution in [1.82, 2.24) is 4.98 Å². The Morgan fingerprint density at radius 3 is 2.65 bits per heavy atom. The van der Waals surface area contributed by atoms with E-state index in [-0.39, 0.29) is 11.1 Å². The summed E-state index contributed by atoms with van der Waals surface area (Å²) < 4.78 is 40.7. The second-order valence-electron chi connectivity index (χ2n) is 4.62. The van der Waals surface area contributed by atoms with Crippen LogP contribution in [-0.2, 0) is 16.8 Å². The number of aromatic amines is 1. The summed E-state index contributed by atoms with van der Waals surface area (Å²) in [5, 5.41) is -0.509. The number of nitrogens with one attached hydrogen (secondary N) is 1. The number of hydrogen-bond acceptors (Lipinski definition) is 4. The van der Waals surface area contributed by atoms with E-state index in [0.29, 0.717) is 11.1 Å². The first-order chi connectivity index (χ1) is 9.35. The van der Waals surface area contributed by atoms with E-state index in [0.717, 1.165) is 0 Å². The zero-order chi connectivity index (χ0) is 14.9. The fourth-order valence-corrected chi connectivity index (χ4v) is 2.18. The van der Waals surface area contributed by atoms with Gasteiger partial charge in [0.25, 0.3) is 0 Å². The Labute approximate surface area is 115 Å². The normalized spacial score (nSPS) is 12.0. The third-order valence-electron chi connectivity index (χ3n) is 2.85. The van der Waals surface area contributed by atoms with Crippen LogP contribution in [0, 0.1) is 0 Å². The molecule has 0 aliphatic rings. The topological polar surface area (TPSA) is 76.2 Å². The number of hydrogen-bond donors (Lipinski definition) is 1. The third kappa shape index (κ3) is 2.67. The first-order valence-electron chi connectivity index (χ1n) is 5.98. The highest BCUT2D eigenvalue weighted by atomic mass is 32.2. The van der Waals surface area contributed by atoms with E-state index in [4.69, 9.17) is 4.18 Å². The van der Waals surface area contributed by atoms with E-state index in [1.165, 1.54) is 38.2 Å². The minimum atomic E-state index is -3.84. The SMILES string of the molecule is CC(C)S(=O)(=O)Oc1c[nH]c2cc(CF)ccc2c1=O. The molecule has 1 aromatic carbocycles. The van der Waals surface area contributed by atoms with Crippen LogP contribution in [0.4, 0.5) is 4.39 Å². The Hall–Kier alpha value is -1.89. The standard InChI is InChI=1S/C13H14FNO4S/c1-8(2)20(17,18)19-12-7-15-11-5-9(6-14)3-4-10(11)13(12)16/h3-5,7-8H,6H2,1-2H3,(H,15,16). The van der Waals surface area contributed by atoms with Gasteiger partial charge in [-0.2, -0.15) is 8.42 Å². The van der Waals surface area contributed by atoms with Gasteiger partial charge < -0.3 is 9.17 Å². The maximum atomic E-state index is 12.5. The molecule has 108 valence electrons. The van der Waals surface area contributed by atoms with Gasteiger partial charge in [-0.05, 0) is 31.5 Å². The molecule has 0 radical (unpaired) electrons. The van der Waals surface area contributed by atoms with Crippen LogP contribution < -0.4 is 9.61 Å². The zero-order valence-electron chi connectivity index (χ0n) is 11.0. The van der Waals surface area contributed by atoms with Gasteiger partial charge in [0.1, 0.15) is 6.67 Å². The van der Waals surface area contributed by atoms with Crippen molar-refractivity contribution in [1.29, 1.82) is 0 Å². The number of benzene rings is 1. The number of aromatic nitrogens is 1. The minimum Gasteiger partial charge on any atom is -0.376 e. The van der Waals surface area contributed by atoms with Gasteiger partial charge in [0.2, 0.25) is 11.2 Å². The highest BCUT2D eigenvalue weighted by Gasteiger charge is 2.20. The molecule has 7 heteroatoms. The minimum absolute atomic E-state index is 0.249. The second kappa shape index (κ2) is 5.24. The summed E-state index contributed by atoms with van der Waals surface area (Å²) in [4.78, 5) is 14.9. The molecule has 5 nitrogen and oxygen atoms in total. The van der Waals surface area contributed by atoms with Crippen molar-refractivity contribution in [2.75, 3.05) is 0 Å². The molecule has 0 aliphatic carbocycles. The molecule has 0 saturated heterocycles. The van der Waals surface area contributed by atoms with Crippen LogP contribution in [0.2, 0.25) is 0 Å².